The number of hydrogen-bond donors (Lipinski definition) is 1. The highest BCUT2D eigenvalue weighted by Crippen LogP contribution is 2.52. The van der Waals surface area contributed by atoms with E-state index >= 15 is 0 Å². The van der Waals surface area contributed by atoms with Gasteiger partial charge in [-0.25, -0.2) is 19.3 Å². The molecular weight excluding hydrogens is 445 g/mol. The van der Waals surface area contributed by atoms with Crippen molar-refractivity contribution in [2.24, 2.45) is 17.8 Å². The summed E-state index contributed by atoms with van der Waals surface area (Å²) in [5.41, 5.74) is 1.90. The van der Waals surface area contributed by atoms with Gasteiger partial charge in [0.25, 0.3) is 0 Å². The fourth-order valence-corrected chi connectivity index (χ4v) is 6.14. The maximum Gasteiger partial charge on any atom is 0.311 e. The molecule has 3 aliphatic rings. The smallest absolute Gasteiger partial charge is 0.311 e. The van der Waals surface area contributed by atoms with Crippen LogP contribution in [-0.4, -0.2) is 37.1 Å². The molecule has 2 atom stereocenters. The van der Waals surface area contributed by atoms with Crippen molar-refractivity contribution in [1.29, 1.82) is 0 Å². The van der Waals surface area contributed by atoms with Crippen LogP contribution in [0.3, 0.4) is 0 Å². The average molecular weight is 468 g/mol. The molecule has 9 heteroatoms. The summed E-state index contributed by atoms with van der Waals surface area (Å²) in [5, 5.41) is 1.89. The lowest BCUT2D eigenvalue weighted by atomic mass is 9.61. The molecule has 4 aromatic rings. The van der Waals surface area contributed by atoms with E-state index in [-0.39, 0.29) is 17.9 Å². The van der Waals surface area contributed by atoms with Gasteiger partial charge in [0.1, 0.15) is 17.1 Å². The standard InChI is InChI=1S/C24H23ClFN5O2/c1-2-33-24(32)19-12-3-5-13(6-4-12)20(19)31-11-18(25)17-10-29-22(30-23(17)31)16-9-28-21-15(16)7-14(26)8-27-21/h7-13,19-20H,2-6H2,1H3,(H,27,28)/t12?,13?,19-,20-/m0/s1. The first kappa shape index (κ1) is 20.6. The molecule has 2 bridgehead atoms. The van der Waals surface area contributed by atoms with Crippen molar-refractivity contribution < 1.29 is 13.9 Å². The molecule has 170 valence electrons. The summed E-state index contributed by atoms with van der Waals surface area (Å²) in [5.74, 6) is 0.341. The first-order chi connectivity index (χ1) is 16.0. The van der Waals surface area contributed by atoms with Crippen LogP contribution < -0.4 is 0 Å². The lowest BCUT2D eigenvalue weighted by Crippen LogP contribution is -2.45. The first-order valence-electron chi connectivity index (χ1n) is 11.4. The lowest BCUT2D eigenvalue weighted by Gasteiger charge is -2.47. The number of nitrogens with one attached hydrogen (secondary N) is 1. The topological polar surface area (TPSA) is 85.7 Å². The zero-order valence-corrected chi connectivity index (χ0v) is 18.8. The summed E-state index contributed by atoms with van der Waals surface area (Å²) in [4.78, 5) is 29.5. The third-order valence-corrected chi connectivity index (χ3v) is 7.62. The number of fused-ring (bicyclic) bond motifs is 5. The molecular formula is C24H23ClFN5O2. The molecule has 0 amide bonds. The number of pyridine rings is 1. The van der Waals surface area contributed by atoms with Crippen LogP contribution in [0.1, 0.15) is 38.6 Å². The predicted octanol–water partition coefficient (Wildman–Crippen LogP) is 5.31. The summed E-state index contributed by atoms with van der Waals surface area (Å²) >= 11 is 6.60. The Hall–Kier alpha value is -3.00. The summed E-state index contributed by atoms with van der Waals surface area (Å²) in [6.45, 7) is 2.21. The van der Waals surface area contributed by atoms with Crippen molar-refractivity contribution in [2.45, 2.75) is 38.6 Å². The second-order valence-electron chi connectivity index (χ2n) is 9.01. The van der Waals surface area contributed by atoms with Crippen molar-refractivity contribution in [3.63, 3.8) is 0 Å². The molecule has 0 saturated heterocycles. The minimum absolute atomic E-state index is 0.0589. The highest BCUT2D eigenvalue weighted by atomic mass is 35.5. The SMILES string of the molecule is CCOC(=O)[C@H]1C2CCC(CC2)[C@@H]1n1cc(Cl)c2cnc(-c3c[nH]c4ncc(F)cc34)nc21. The molecule has 0 aromatic carbocycles. The quantitative estimate of drug-likeness (QED) is 0.411. The molecule has 3 saturated carbocycles. The van der Waals surface area contributed by atoms with Gasteiger partial charge in [-0.3, -0.25) is 4.79 Å². The summed E-state index contributed by atoms with van der Waals surface area (Å²) in [6.07, 6.45) is 10.7. The Morgan fingerprint density at radius 3 is 2.79 bits per heavy atom. The van der Waals surface area contributed by atoms with Crippen molar-refractivity contribution in [1.82, 2.24) is 24.5 Å². The van der Waals surface area contributed by atoms with E-state index in [2.05, 4.69) is 19.5 Å². The van der Waals surface area contributed by atoms with Crippen LogP contribution in [0, 0.1) is 23.6 Å². The van der Waals surface area contributed by atoms with Crippen molar-refractivity contribution >= 4 is 39.6 Å². The number of carbonyl (C=O) groups excluding carboxylic acids is 1. The normalized spacial score (nSPS) is 24.6. The second-order valence-corrected chi connectivity index (χ2v) is 9.42. The Bertz CT molecular complexity index is 1370. The van der Waals surface area contributed by atoms with Crippen LogP contribution in [0.5, 0.6) is 0 Å². The monoisotopic (exact) mass is 467 g/mol. The van der Waals surface area contributed by atoms with Crippen LogP contribution in [0.4, 0.5) is 4.39 Å². The van der Waals surface area contributed by atoms with Crippen LogP contribution in [-0.2, 0) is 9.53 Å². The van der Waals surface area contributed by atoms with E-state index < -0.39 is 5.82 Å². The molecule has 33 heavy (non-hydrogen) atoms. The van der Waals surface area contributed by atoms with E-state index in [0.29, 0.717) is 51.5 Å². The number of nitrogens with zero attached hydrogens (tertiary/aromatic N) is 4. The van der Waals surface area contributed by atoms with Crippen molar-refractivity contribution in [3.05, 3.63) is 41.7 Å². The molecule has 0 aliphatic heterocycles. The number of aromatic amines is 1. The van der Waals surface area contributed by atoms with E-state index in [1.807, 2.05) is 13.1 Å². The lowest BCUT2D eigenvalue weighted by molar-refractivity contribution is -0.157. The van der Waals surface area contributed by atoms with Gasteiger partial charge in [-0.15, -0.1) is 0 Å². The van der Waals surface area contributed by atoms with Crippen LogP contribution in [0.25, 0.3) is 33.5 Å². The van der Waals surface area contributed by atoms with Gasteiger partial charge in [-0.1, -0.05) is 11.6 Å². The minimum Gasteiger partial charge on any atom is -0.466 e. The molecule has 7 rings (SSSR count). The van der Waals surface area contributed by atoms with E-state index in [1.54, 1.807) is 12.4 Å². The largest absolute Gasteiger partial charge is 0.466 e. The molecule has 0 unspecified atom stereocenters. The third kappa shape index (κ3) is 3.22. The van der Waals surface area contributed by atoms with Gasteiger partial charge in [0.05, 0.1) is 35.2 Å². The molecule has 0 radical (unpaired) electrons. The zero-order valence-electron chi connectivity index (χ0n) is 18.1. The number of halogens is 2. The molecule has 4 heterocycles. The van der Waals surface area contributed by atoms with Crippen molar-refractivity contribution in [3.8, 4) is 11.4 Å². The van der Waals surface area contributed by atoms with Crippen LogP contribution in [0.2, 0.25) is 5.02 Å². The number of H-pyrrole nitrogens is 1. The van der Waals surface area contributed by atoms with E-state index in [1.165, 1.54) is 12.3 Å². The van der Waals surface area contributed by atoms with Gasteiger partial charge >= 0.3 is 5.97 Å². The van der Waals surface area contributed by atoms with Gasteiger partial charge in [0, 0.05) is 29.5 Å². The highest BCUT2D eigenvalue weighted by Gasteiger charge is 2.49. The predicted molar refractivity (Wildman–Crippen MR) is 122 cm³/mol. The summed E-state index contributed by atoms with van der Waals surface area (Å²) < 4.78 is 21.4. The summed E-state index contributed by atoms with van der Waals surface area (Å²) in [6, 6.07) is 1.36. The van der Waals surface area contributed by atoms with Gasteiger partial charge in [-0.2, -0.15) is 0 Å². The number of hydrogen-bond acceptors (Lipinski definition) is 5. The third-order valence-electron chi connectivity index (χ3n) is 7.32. The summed E-state index contributed by atoms with van der Waals surface area (Å²) in [7, 11) is 0. The number of aromatic nitrogens is 5. The van der Waals surface area contributed by atoms with Gasteiger partial charge in [0.2, 0.25) is 0 Å². The first-order valence-corrected chi connectivity index (χ1v) is 11.8. The molecule has 1 N–H and O–H groups in total. The van der Waals surface area contributed by atoms with Crippen LogP contribution >= 0.6 is 11.6 Å². The minimum atomic E-state index is -0.425. The average Bonchev–Trinajstić information content (AvgIpc) is 3.39. The zero-order chi connectivity index (χ0) is 22.7. The second kappa shape index (κ2) is 7.80. The van der Waals surface area contributed by atoms with Crippen LogP contribution in [0.15, 0.2) is 30.9 Å². The fourth-order valence-electron chi connectivity index (χ4n) is 5.90. The van der Waals surface area contributed by atoms with Crippen molar-refractivity contribution in [2.75, 3.05) is 6.61 Å². The Balaban J connectivity index is 1.50. The highest BCUT2D eigenvalue weighted by molar-refractivity contribution is 6.35. The van der Waals surface area contributed by atoms with Gasteiger partial charge in [0.15, 0.2) is 5.82 Å². The molecule has 7 nitrogen and oxygen atoms in total. The Kier molecular flexibility index (Phi) is 4.87. The Labute approximate surface area is 194 Å². The number of esters is 1. The fraction of sp³-hybridized carbons (Fsp3) is 0.417. The maximum atomic E-state index is 13.9. The molecule has 3 fully saturated rings. The van der Waals surface area contributed by atoms with Gasteiger partial charge < -0.3 is 14.3 Å². The van der Waals surface area contributed by atoms with Gasteiger partial charge in [-0.05, 0) is 50.5 Å². The maximum absolute atomic E-state index is 13.9. The molecule has 3 aliphatic carbocycles. The Morgan fingerprint density at radius 1 is 1.21 bits per heavy atom. The molecule has 0 spiro atoms. The number of rotatable bonds is 4. The number of carbonyl (C=O) groups is 1. The number of ether oxygens (including phenoxy) is 1. The van der Waals surface area contributed by atoms with E-state index in [4.69, 9.17) is 21.3 Å². The van der Waals surface area contributed by atoms with E-state index in [9.17, 15) is 9.18 Å². The molecule has 4 aromatic heterocycles. The Morgan fingerprint density at radius 2 is 2.00 bits per heavy atom. The van der Waals surface area contributed by atoms with E-state index in [0.717, 1.165) is 31.1 Å².